The molecule has 2 aliphatic rings. The van der Waals surface area contributed by atoms with E-state index in [1.165, 1.54) is 0 Å². The summed E-state index contributed by atoms with van der Waals surface area (Å²) in [4.78, 5) is 17.8. The van der Waals surface area contributed by atoms with Gasteiger partial charge in [-0.25, -0.2) is 18.4 Å². The molecule has 9 nitrogen and oxygen atoms in total. The van der Waals surface area contributed by atoms with E-state index >= 15 is 0 Å². The molecule has 0 saturated carbocycles. The highest BCUT2D eigenvalue weighted by Crippen LogP contribution is 2.21. The van der Waals surface area contributed by atoms with Crippen LogP contribution >= 0.6 is 0 Å². The lowest BCUT2D eigenvalue weighted by atomic mass is 10.2. The summed E-state index contributed by atoms with van der Waals surface area (Å²) in [5.74, 6) is 1.59. The maximum absolute atomic E-state index is 12.7. The fourth-order valence-electron chi connectivity index (χ4n) is 3.94. The zero-order valence-electron chi connectivity index (χ0n) is 17.8. The highest BCUT2D eigenvalue weighted by atomic mass is 32.2. The number of hydrogen-bond donors (Lipinski definition) is 1. The van der Waals surface area contributed by atoms with Crippen LogP contribution in [-0.2, 0) is 16.6 Å². The number of aliphatic imine (C=N–C) groups is 1. The summed E-state index contributed by atoms with van der Waals surface area (Å²) < 4.78 is 26.9. The van der Waals surface area contributed by atoms with Crippen molar-refractivity contribution < 1.29 is 8.42 Å². The predicted octanol–water partition coefficient (Wildman–Crippen LogP) is 1.16. The summed E-state index contributed by atoms with van der Waals surface area (Å²) in [6, 6.07) is 8.96. The number of nitrogens with zero attached hydrogens (tertiary/aromatic N) is 6. The van der Waals surface area contributed by atoms with E-state index in [1.807, 2.05) is 18.2 Å². The van der Waals surface area contributed by atoms with Crippen molar-refractivity contribution in [1.82, 2.24) is 24.5 Å². The molecule has 1 aromatic carbocycles. The second-order valence-corrected chi connectivity index (χ2v) is 9.62. The highest BCUT2D eigenvalue weighted by Gasteiger charge is 2.27. The summed E-state index contributed by atoms with van der Waals surface area (Å²) in [6.07, 6.45) is 5.40. The SMILES string of the molecule is CN=C(NCc1ccc(S(=O)(=O)N2CCCC2)cc1)N1CCN(c2ncccn2)CC1. The van der Waals surface area contributed by atoms with Crippen LogP contribution in [0.5, 0.6) is 0 Å². The quantitative estimate of drug-likeness (QED) is 0.547. The first-order chi connectivity index (χ1) is 15.1. The Morgan fingerprint density at radius 1 is 1.00 bits per heavy atom. The highest BCUT2D eigenvalue weighted by molar-refractivity contribution is 7.89. The molecular weight excluding hydrogens is 414 g/mol. The number of hydrogen-bond acceptors (Lipinski definition) is 6. The largest absolute Gasteiger partial charge is 0.352 e. The lowest BCUT2D eigenvalue weighted by Gasteiger charge is -2.36. The van der Waals surface area contributed by atoms with Gasteiger partial charge in [0, 0.05) is 65.3 Å². The van der Waals surface area contributed by atoms with Crippen molar-refractivity contribution in [1.29, 1.82) is 0 Å². The molecule has 1 N–H and O–H groups in total. The second kappa shape index (κ2) is 9.61. The molecule has 0 unspecified atom stereocenters. The van der Waals surface area contributed by atoms with Gasteiger partial charge in [-0.2, -0.15) is 4.31 Å². The van der Waals surface area contributed by atoms with Gasteiger partial charge in [0.1, 0.15) is 0 Å². The Bertz CT molecular complexity index is 982. The first-order valence-electron chi connectivity index (χ1n) is 10.6. The number of benzene rings is 1. The van der Waals surface area contributed by atoms with Gasteiger partial charge in [0.05, 0.1) is 4.90 Å². The number of nitrogens with one attached hydrogen (secondary N) is 1. The van der Waals surface area contributed by atoms with Gasteiger partial charge in [0.25, 0.3) is 0 Å². The monoisotopic (exact) mass is 443 g/mol. The van der Waals surface area contributed by atoms with Crippen LogP contribution in [-0.4, -0.2) is 79.9 Å². The molecule has 0 amide bonds. The maximum atomic E-state index is 12.7. The molecule has 0 radical (unpaired) electrons. The number of rotatable bonds is 5. The van der Waals surface area contributed by atoms with E-state index in [1.54, 1.807) is 35.9 Å². The third-order valence-electron chi connectivity index (χ3n) is 5.70. The van der Waals surface area contributed by atoms with Crippen LogP contribution in [0.4, 0.5) is 5.95 Å². The zero-order valence-corrected chi connectivity index (χ0v) is 18.6. The Labute approximate surface area is 183 Å². The van der Waals surface area contributed by atoms with E-state index in [0.29, 0.717) is 24.5 Å². The van der Waals surface area contributed by atoms with E-state index in [9.17, 15) is 8.42 Å². The number of piperazine rings is 1. The predicted molar refractivity (Wildman–Crippen MR) is 120 cm³/mol. The molecule has 0 atom stereocenters. The Kier molecular flexibility index (Phi) is 6.67. The fraction of sp³-hybridized carbons (Fsp3) is 0.476. The van der Waals surface area contributed by atoms with E-state index in [4.69, 9.17) is 0 Å². The molecule has 0 aliphatic carbocycles. The number of guanidine groups is 1. The minimum Gasteiger partial charge on any atom is -0.352 e. The Morgan fingerprint density at radius 2 is 1.65 bits per heavy atom. The van der Waals surface area contributed by atoms with Crippen molar-refractivity contribution in [2.24, 2.45) is 4.99 Å². The van der Waals surface area contributed by atoms with Gasteiger partial charge in [-0.15, -0.1) is 0 Å². The summed E-state index contributed by atoms with van der Waals surface area (Å²) in [6.45, 7) is 5.12. The van der Waals surface area contributed by atoms with Gasteiger partial charge in [0.2, 0.25) is 16.0 Å². The minimum atomic E-state index is -3.37. The lowest BCUT2D eigenvalue weighted by Crippen LogP contribution is -2.52. The average molecular weight is 444 g/mol. The molecule has 1 aromatic heterocycles. The Morgan fingerprint density at radius 3 is 2.26 bits per heavy atom. The van der Waals surface area contributed by atoms with Gasteiger partial charge in [-0.1, -0.05) is 12.1 Å². The summed E-state index contributed by atoms with van der Waals surface area (Å²) in [5.41, 5.74) is 1.01. The average Bonchev–Trinajstić information content (AvgIpc) is 3.37. The van der Waals surface area contributed by atoms with Crippen LogP contribution in [0, 0.1) is 0 Å². The van der Waals surface area contributed by atoms with Crippen LogP contribution in [0.25, 0.3) is 0 Å². The van der Waals surface area contributed by atoms with Crippen molar-refractivity contribution in [3.8, 4) is 0 Å². The van der Waals surface area contributed by atoms with Crippen molar-refractivity contribution >= 4 is 21.9 Å². The van der Waals surface area contributed by atoms with Gasteiger partial charge in [-0.3, -0.25) is 4.99 Å². The standard InChI is InChI=1S/C21H29N7O2S/c1-22-20(26-13-15-27(16-14-26)21-23-9-4-10-24-21)25-17-18-5-7-19(8-6-18)31(29,30)28-11-2-3-12-28/h4-10H,2-3,11-17H2,1H3,(H,22,25). The Hall–Kier alpha value is -2.72. The first kappa shape index (κ1) is 21.5. The van der Waals surface area contributed by atoms with E-state index < -0.39 is 10.0 Å². The van der Waals surface area contributed by atoms with Crippen molar-refractivity contribution in [2.75, 3.05) is 51.2 Å². The molecule has 0 spiro atoms. The Balaban J connectivity index is 1.31. The molecule has 4 rings (SSSR count). The fourth-order valence-corrected chi connectivity index (χ4v) is 5.46. The molecule has 10 heteroatoms. The van der Waals surface area contributed by atoms with Crippen LogP contribution in [0.2, 0.25) is 0 Å². The summed E-state index contributed by atoms with van der Waals surface area (Å²) in [7, 11) is -1.59. The number of aromatic nitrogens is 2. The third kappa shape index (κ3) is 4.96. The zero-order chi connectivity index (χ0) is 21.7. The molecule has 3 heterocycles. The summed E-state index contributed by atoms with van der Waals surface area (Å²) >= 11 is 0. The third-order valence-corrected chi connectivity index (χ3v) is 7.62. The lowest BCUT2D eigenvalue weighted by molar-refractivity contribution is 0.370. The maximum Gasteiger partial charge on any atom is 0.243 e. The van der Waals surface area contributed by atoms with Gasteiger partial charge in [-0.05, 0) is 36.6 Å². The van der Waals surface area contributed by atoms with Crippen LogP contribution in [0.15, 0.2) is 52.6 Å². The molecule has 2 aromatic rings. The normalized spacial score (nSPS) is 18.4. The van der Waals surface area contributed by atoms with Gasteiger partial charge in [0.15, 0.2) is 5.96 Å². The smallest absolute Gasteiger partial charge is 0.243 e. The number of sulfonamides is 1. The van der Waals surface area contributed by atoms with Gasteiger partial charge < -0.3 is 15.1 Å². The van der Waals surface area contributed by atoms with Crippen LogP contribution < -0.4 is 10.2 Å². The van der Waals surface area contributed by atoms with E-state index in [2.05, 4.69) is 30.1 Å². The topological polar surface area (TPSA) is 94.0 Å². The molecule has 2 aliphatic heterocycles. The number of anilines is 1. The summed E-state index contributed by atoms with van der Waals surface area (Å²) in [5, 5.41) is 3.39. The molecule has 2 fully saturated rings. The molecule has 166 valence electrons. The van der Waals surface area contributed by atoms with Gasteiger partial charge >= 0.3 is 0 Å². The van der Waals surface area contributed by atoms with E-state index in [-0.39, 0.29) is 0 Å². The minimum absolute atomic E-state index is 0.363. The van der Waals surface area contributed by atoms with Crippen LogP contribution in [0.1, 0.15) is 18.4 Å². The molecule has 0 bridgehead atoms. The van der Waals surface area contributed by atoms with Crippen LogP contribution in [0.3, 0.4) is 0 Å². The van der Waals surface area contributed by atoms with Crippen molar-refractivity contribution in [3.63, 3.8) is 0 Å². The molecule has 2 saturated heterocycles. The van der Waals surface area contributed by atoms with E-state index in [0.717, 1.165) is 56.5 Å². The van der Waals surface area contributed by atoms with Crippen molar-refractivity contribution in [3.05, 3.63) is 48.3 Å². The second-order valence-electron chi connectivity index (χ2n) is 7.68. The van der Waals surface area contributed by atoms with Crippen molar-refractivity contribution in [2.45, 2.75) is 24.3 Å². The first-order valence-corrected chi connectivity index (χ1v) is 12.1. The molecule has 31 heavy (non-hydrogen) atoms. The molecular formula is C21H29N7O2S.